The molecule has 0 bridgehead atoms. The Balaban J connectivity index is 4.51. The van der Waals surface area contributed by atoms with Crippen LogP contribution < -0.4 is 5.32 Å². The fourth-order valence-electron chi connectivity index (χ4n) is 1.09. The molecule has 0 spiro atoms. The van der Waals surface area contributed by atoms with Crippen LogP contribution in [0.3, 0.4) is 0 Å². The third-order valence-electron chi connectivity index (χ3n) is 2.05. The zero-order valence-corrected chi connectivity index (χ0v) is 11.2. The summed E-state index contributed by atoms with van der Waals surface area (Å²) >= 11 is 0. The molecular formula is C8H16NO10P. The van der Waals surface area contributed by atoms with Crippen LogP contribution in [0.5, 0.6) is 0 Å². The minimum Gasteiger partial charge on any atom is -0.388 e. The van der Waals surface area contributed by atoms with Crippen molar-refractivity contribution in [2.45, 2.75) is 31.3 Å². The average Bonchev–Trinajstić information content (AvgIpc) is 2.31. The van der Waals surface area contributed by atoms with Gasteiger partial charge in [-0.05, 0) is 0 Å². The Bertz CT molecular complexity index is 395. The van der Waals surface area contributed by atoms with Gasteiger partial charge in [0.25, 0.3) is 5.91 Å². The molecule has 0 heterocycles. The zero-order chi connectivity index (χ0) is 16.1. The van der Waals surface area contributed by atoms with E-state index in [0.29, 0.717) is 0 Å². The van der Waals surface area contributed by atoms with Crippen molar-refractivity contribution in [2.75, 3.05) is 6.61 Å². The van der Waals surface area contributed by atoms with Crippen molar-refractivity contribution in [3.8, 4) is 0 Å². The van der Waals surface area contributed by atoms with Crippen LogP contribution in [0.4, 0.5) is 0 Å². The fourth-order valence-corrected chi connectivity index (χ4v) is 1.44. The molecular weight excluding hydrogens is 301 g/mol. The second kappa shape index (κ2) is 7.76. The van der Waals surface area contributed by atoms with Gasteiger partial charge < -0.3 is 30.2 Å². The third-order valence-corrected chi connectivity index (χ3v) is 2.53. The second-order valence-corrected chi connectivity index (χ2v) is 5.06. The molecule has 0 aliphatic carbocycles. The molecule has 0 aromatic heterocycles. The van der Waals surface area contributed by atoms with Crippen molar-refractivity contribution in [2.24, 2.45) is 0 Å². The lowest BCUT2D eigenvalue weighted by Crippen LogP contribution is -2.52. The molecule has 2 amide bonds. The van der Waals surface area contributed by atoms with E-state index in [4.69, 9.17) is 9.79 Å². The molecule has 4 atom stereocenters. The van der Waals surface area contributed by atoms with E-state index < -0.39 is 50.7 Å². The molecule has 0 aliphatic rings. The number of rotatable bonds is 7. The maximum absolute atomic E-state index is 11.1. The predicted molar refractivity (Wildman–Crippen MR) is 60.8 cm³/mol. The van der Waals surface area contributed by atoms with Crippen LogP contribution in [0, 0.1) is 0 Å². The first-order chi connectivity index (χ1) is 8.95. The van der Waals surface area contributed by atoms with E-state index in [-0.39, 0.29) is 0 Å². The Kier molecular flexibility index (Phi) is 7.41. The van der Waals surface area contributed by atoms with Crippen LogP contribution in [0.1, 0.15) is 6.92 Å². The maximum atomic E-state index is 11.1. The van der Waals surface area contributed by atoms with E-state index in [1.165, 1.54) is 0 Å². The fraction of sp³-hybridized carbons (Fsp3) is 0.750. The number of phosphoric acid groups is 1. The van der Waals surface area contributed by atoms with Gasteiger partial charge in [0.2, 0.25) is 5.91 Å². The summed E-state index contributed by atoms with van der Waals surface area (Å²) in [5, 5.41) is 39.0. The minimum absolute atomic E-state index is 0.818. The van der Waals surface area contributed by atoms with Crippen molar-refractivity contribution in [1.82, 2.24) is 5.32 Å². The average molecular weight is 317 g/mol. The highest BCUT2D eigenvalue weighted by molar-refractivity contribution is 7.46. The van der Waals surface area contributed by atoms with E-state index in [1.54, 1.807) is 5.32 Å². The number of carbonyl (C=O) groups excluding carboxylic acids is 2. The molecule has 0 unspecified atom stereocenters. The normalized spacial score (nSPS) is 17.9. The van der Waals surface area contributed by atoms with Gasteiger partial charge >= 0.3 is 7.82 Å². The number of amides is 2. The number of hydrogen-bond donors (Lipinski definition) is 7. The first kappa shape index (κ1) is 19.1. The zero-order valence-electron chi connectivity index (χ0n) is 10.3. The molecule has 0 saturated carbocycles. The van der Waals surface area contributed by atoms with Crippen molar-refractivity contribution >= 4 is 19.6 Å². The highest BCUT2D eigenvalue weighted by atomic mass is 31.2. The summed E-state index contributed by atoms with van der Waals surface area (Å²) in [5.74, 6) is -2.13. The SMILES string of the molecule is CC(=O)NC(=O)[C@H](O)[C@@H](O)[C@H](O)[C@H](O)COP(=O)(O)O. The molecule has 118 valence electrons. The number of hydrogen-bond acceptors (Lipinski definition) is 8. The number of phosphoric ester groups is 1. The highest BCUT2D eigenvalue weighted by Crippen LogP contribution is 2.35. The number of imide groups is 1. The Morgan fingerprint density at radius 3 is 2.05 bits per heavy atom. The lowest BCUT2D eigenvalue weighted by atomic mass is 10.0. The van der Waals surface area contributed by atoms with Crippen LogP contribution in [-0.2, 0) is 18.7 Å². The molecule has 0 aromatic rings. The van der Waals surface area contributed by atoms with E-state index in [0.717, 1.165) is 6.92 Å². The Hall–Kier alpha value is -0.910. The van der Waals surface area contributed by atoms with Gasteiger partial charge in [0, 0.05) is 6.92 Å². The van der Waals surface area contributed by atoms with Gasteiger partial charge in [-0.3, -0.25) is 19.4 Å². The number of aliphatic hydroxyl groups is 4. The largest absolute Gasteiger partial charge is 0.469 e. The molecule has 0 aromatic carbocycles. The molecule has 0 radical (unpaired) electrons. The van der Waals surface area contributed by atoms with Crippen LogP contribution in [0.25, 0.3) is 0 Å². The predicted octanol–water partition coefficient (Wildman–Crippen LogP) is -3.80. The topological polar surface area (TPSA) is 194 Å². The van der Waals surface area contributed by atoms with E-state index in [9.17, 15) is 34.6 Å². The molecule has 12 heteroatoms. The van der Waals surface area contributed by atoms with Gasteiger partial charge in [0.15, 0.2) is 6.10 Å². The molecule has 0 fully saturated rings. The van der Waals surface area contributed by atoms with Crippen molar-refractivity contribution in [1.29, 1.82) is 0 Å². The maximum Gasteiger partial charge on any atom is 0.469 e. The van der Waals surface area contributed by atoms with Crippen LogP contribution >= 0.6 is 7.82 Å². The van der Waals surface area contributed by atoms with E-state index >= 15 is 0 Å². The Morgan fingerprint density at radius 1 is 1.15 bits per heavy atom. The lowest BCUT2D eigenvalue weighted by Gasteiger charge is -2.25. The molecule has 0 saturated heterocycles. The second-order valence-electron chi connectivity index (χ2n) is 3.83. The summed E-state index contributed by atoms with van der Waals surface area (Å²) in [6.45, 7) is -0.0836. The summed E-state index contributed by atoms with van der Waals surface area (Å²) in [5.41, 5.74) is 0. The van der Waals surface area contributed by atoms with Gasteiger partial charge in [-0.15, -0.1) is 0 Å². The number of nitrogens with one attached hydrogen (secondary N) is 1. The molecule has 7 N–H and O–H groups in total. The number of aliphatic hydroxyl groups excluding tert-OH is 4. The smallest absolute Gasteiger partial charge is 0.388 e. The summed E-state index contributed by atoms with van der Waals surface area (Å²) in [4.78, 5) is 38.4. The molecule has 20 heavy (non-hydrogen) atoms. The lowest BCUT2D eigenvalue weighted by molar-refractivity contribution is -0.150. The molecule has 0 rings (SSSR count). The first-order valence-electron chi connectivity index (χ1n) is 5.19. The van der Waals surface area contributed by atoms with Gasteiger partial charge in [-0.1, -0.05) is 0 Å². The molecule has 0 aliphatic heterocycles. The summed E-state index contributed by atoms with van der Waals surface area (Å²) in [6, 6.07) is 0. The van der Waals surface area contributed by atoms with Crippen molar-refractivity contribution < 1.29 is 48.9 Å². The molecule has 11 nitrogen and oxygen atoms in total. The summed E-state index contributed by atoms with van der Waals surface area (Å²) in [6.07, 6.45) is -8.57. The van der Waals surface area contributed by atoms with Crippen molar-refractivity contribution in [3.63, 3.8) is 0 Å². The van der Waals surface area contributed by atoms with Gasteiger partial charge in [-0.2, -0.15) is 0 Å². The third kappa shape index (κ3) is 7.03. The first-order valence-corrected chi connectivity index (χ1v) is 6.72. The van der Waals surface area contributed by atoms with Crippen LogP contribution in [-0.4, -0.2) is 73.1 Å². The Labute approximate surface area is 113 Å². The van der Waals surface area contributed by atoms with Crippen LogP contribution in [0.15, 0.2) is 0 Å². The van der Waals surface area contributed by atoms with E-state index in [2.05, 4.69) is 4.52 Å². The standard InChI is InChI=1S/C8H16NO10P/c1-3(10)9-8(15)7(14)6(13)5(12)4(11)2-19-20(16,17)18/h4-7,11-14H,2H2,1H3,(H,9,10,15)(H2,16,17,18)/t4-,5-,6+,7-/m1/s1. The van der Waals surface area contributed by atoms with Crippen LogP contribution in [0.2, 0.25) is 0 Å². The number of carbonyl (C=O) groups is 2. The highest BCUT2D eigenvalue weighted by Gasteiger charge is 2.35. The summed E-state index contributed by atoms with van der Waals surface area (Å²) < 4.78 is 14.2. The Morgan fingerprint density at radius 2 is 1.65 bits per heavy atom. The van der Waals surface area contributed by atoms with E-state index in [1.807, 2.05) is 0 Å². The van der Waals surface area contributed by atoms with Crippen molar-refractivity contribution in [3.05, 3.63) is 0 Å². The van der Waals surface area contributed by atoms with Gasteiger partial charge in [0.05, 0.1) is 6.61 Å². The minimum atomic E-state index is -4.89. The summed E-state index contributed by atoms with van der Waals surface area (Å²) in [7, 11) is -4.89. The van der Waals surface area contributed by atoms with Gasteiger partial charge in [0.1, 0.15) is 18.3 Å². The quantitative estimate of drug-likeness (QED) is 0.229. The van der Waals surface area contributed by atoms with Gasteiger partial charge in [-0.25, -0.2) is 4.57 Å². The monoisotopic (exact) mass is 317 g/mol.